The molecule has 0 unspecified atom stereocenters. The van der Waals surface area contributed by atoms with E-state index < -0.39 is 0 Å². The van der Waals surface area contributed by atoms with Crippen molar-refractivity contribution in [3.63, 3.8) is 0 Å². The Bertz CT molecular complexity index is 396. The molecular formula is C7H5BrN2S. The summed E-state index contributed by atoms with van der Waals surface area (Å²) in [6, 6.07) is 1.93. The van der Waals surface area contributed by atoms with Gasteiger partial charge in [0.25, 0.3) is 0 Å². The summed E-state index contributed by atoms with van der Waals surface area (Å²) in [5.41, 5.74) is 2.01. The summed E-state index contributed by atoms with van der Waals surface area (Å²) in [4.78, 5) is 4.22. The normalized spacial score (nSPS) is 10.7. The Kier molecular flexibility index (Phi) is 1.65. The van der Waals surface area contributed by atoms with Crippen molar-refractivity contribution in [3.8, 4) is 0 Å². The van der Waals surface area contributed by atoms with Crippen LogP contribution in [0.2, 0.25) is 0 Å². The fourth-order valence-electron chi connectivity index (χ4n) is 0.927. The second kappa shape index (κ2) is 2.53. The second-order valence-corrected chi connectivity index (χ2v) is 3.87. The topological polar surface area (TPSA) is 25.8 Å². The first-order valence-electron chi connectivity index (χ1n) is 3.15. The maximum atomic E-state index is 4.22. The van der Waals surface area contributed by atoms with Crippen LogP contribution in [0.15, 0.2) is 16.7 Å². The van der Waals surface area contributed by atoms with Gasteiger partial charge in [-0.05, 0) is 40.5 Å². The number of hydrogen-bond acceptors (Lipinski definition) is 3. The lowest BCUT2D eigenvalue weighted by Crippen LogP contribution is -1.75. The average molecular weight is 229 g/mol. The third-order valence-corrected chi connectivity index (χ3v) is 3.36. The predicted molar refractivity (Wildman–Crippen MR) is 49.9 cm³/mol. The maximum absolute atomic E-state index is 4.22. The third-order valence-electron chi connectivity index (χ3n) is 1.47. The van der Waals surface area contributed by atoms with Gasteiger partial charge in [0.1, 0.15) is 5.52 Å². The summed E-state index contributed by atoms with van der Waals surface area (Å²) in [7, 11) is 0. The molecule has 2 nitrogen and oxygen atoms in total. The number of aryl methyl sites for hydroxylation is 1. The molecule has 0 N–H and O–H groups in total. The maximum Gasteiger partial charge on any atom is 0.105 e. The first-order chi connectivity index (χ1) is 5.29. The van der Waals surface area contributed by atoms with E-state index in [0.29, 0.717) is 0 Å². The fourth-order valence-corrected chi connectivity index (χ4v) is 2.21. The summed E-state index contributed by atoms with van der Waals surface area (Å²) >= 11 is 4.92. The van der Waals surface area contributed by atoms with Gasteiger partial charge < -0.3 is 0 Å². The Balaban J connectivity index is 2.94. The van der Waals surface area contributed by atoms with Crippen LogP contribution in [0.1, 0.15) is 5.69 Å². The Morgan fingerprint density at radius 2 is 2.36 bits per heavy atom. The molecule has 0 radical (unpaired) electrons. The lowest BCUT2D eigenvalue weighted by Gasteiger charge is -1.89. The van der Waals surface area contributed by atoms with E-state index in [1.165, 1.54) is 11.5 Å². The summed E-state index contributed by atoms with van der Waals surface area (Å²) in [5.74, 6) is 0. The SMILES string of the molecule is Cc1nsc2c(Br)ccnc12. The van der Waals surface area contributed by atoms with Gasteiger partial charge >= 0.3 is 0 Å². The molecule has 4 heteroatoms. The highest BCUT2D eigenvalue weighted by Gasteiger charge is 2.04. The van der Waals surface area contributed by atoms with Gasteiger partial charge in [-0.3, -0.25) is 4.98 Å². The highest BCUT2D eigenvalue weighted by molar-refractivity contribution is 9.10. The quantitative estimate of drug-likeness (QED) is 0.694. The minimum Gasteiger partial charge on any atom is -0.253 e. The van der Waals surface area contributed by atoms with Crippen LogP contribution >= 0.6 is 27.5 Å². The lowest BCUT2D eigenvalue weighted by atomic mass is 10.3. The number of aromatic nitrogens is 2. The first kappa shape index (κ1) is 7.18. The number of halogens is 1. The largest absolute Gasteiger partial charge is 0.253 e. The smallest absolute Gasteiger partial charge is 0.105 e. The first-order valence-corrected chi connectivity index (χ1v) is 4.72. The zero-order valence-corrected chi connectivity index (χ0v) is 8.24. The van der Waals surface area contributed by atoms with E-state index in [1.54, 1.807) is 6.20 Å². The zero-order chi connectivity index (χ0) is 7.84. The Hall–Kier alpha value is -0.480. The molecule has 56 valence electrons. The third kappa shape index (κ3) is 1.06. The van der Waals surface area contributed by atoms with Crippen LogP contribution in [0.25, 0.3) is 10.2 Å². The molecule has 0 aromatic carbocycles. The molecule has 0 aliphatic carbocycles. The van der Waals surface area contributed by atoms with E-state index in [1.807, 2.05) is 13.0 Å². The molecule has 0 saturated carbocycles. The second-order valence-electron chi connectivity index (χ2n) is 2.24. The Morgan fingerprint density at radius 3 is 3.09 bits per heavy atom. The van der Waals surface area contributed by atoms with Crippen LogP contribution in [-0.2, 0) is 0 Å². The Morgan fingerprint density at radius 1 is 1.55 bits per heavy atom. The van der Waals surface area contributed by atoms with E-state index in [-0.39, 0.29) is 0 Å². The van der Waals surface area contributed by atoms with E-state index >= 15 is 0 Å². The van der Waals surface area contributed by atoms with Crippen LogP contribution in [0, 0.1) is 6.92 Å². The van der Waals surface area contributed by atoms with Gasteiger partial charge in [0.2, 0.25) is 0 Å². The summed E-state index contributed by atoms with van der Waals surface area (Å²) in [6.07, 6.45) is 1.79. The van der Waals surface area contributed by atoms with Gasteiger partial charge in [-0.15, -0.1) is 0 Å². The van der Waals surface area contributed by atoms with Crippen LogP contribution in [0.5, 0.6) is 0 Å². The molecule has 2 aromatic rings. The van der Waals surface area contributed by atoms with Gasteiger partial charge in [-0.25, -0.2) is 0 Å². The highest BCUT2D eigenvalue weighted by Crippen LogP contribution is 2.27. The fraction of sp³-hybridized carbons (Fsp3) is 0.143. The van der Waals surface area contributed by atoms with Crippen LogP contribution in [0.4, 0.5) is 0 Å². The molecule has 2 aromatic heterocycles. The Labute approximate surface area is 76.6 Å². The molecular weight excluding hydrogens is 224 g/mol. The molecule has 2 heterocycles. The van der Waals surface area contributed by atoms with Gasteiger partial charge in [-0.1, -0.05) is 0 Å². The zero-order valence-electron chi connectivity index (χ0n) is 5.84. The van der Waals surface area contributed by atoms with E-state index in [9.17, 15) is 0 Å². The van der Waals surface area contributed by atoms with Crippen LogP contribution in [-0.4, -0.2) is 9.36 Å². The van der Waals surface area contributed by atoms with Crippen molar-refractivity contribution < 1.29 is 0 Å². The van der Waals surface area contributed by atoms with Crippen LogP contribution < -0.4 is 0 Å². The average Bonchev–Trinajstić information content (AvgIpc) is 2.35. The van der Waals surface area contributed by atoms with Crippen molar-refractivity contribution in [3.05, 3.63) is 22.4 Å². The van der Waals surface area contributed by atoms with E-state index in [0.717, 1.165) is 20.4 Å². The van der Waals surface area contributed by atoms with Crippen molar-refractivity contribution in [2.75, 3.05) is 0 Å². The van der Waals surface area contributed by atoms with Gasteiger partial charge in [0.05, 0.1) is 10.4 Å². The van der Waals surface area contributed by atoms with Gasteiger partial charge in [-0.2, -0.15) is 4.37 Å². The van der Waals surface area contributed by atoms with Crippen molar-refractivity contribution in [2.45, 2.75) is 6.92 Å². The van der Waals surface area contributed by atoms with Crippen molar-refractivity contribution in [2.24, 2.45) is 0 Å². The molecule has 0 bridgehead atoms. The minimum absolute atomic E-state index is 1.00. The molecule has 11 heavy (non-hydrogen) atoms. The molecule has 2 rings (SSSR count). The molecule has 0 aliphatic heterocycles. The summed E-state index contributed by atoms with van der Waals surface area (Å²) in [6.45, 7) is 1.97. The summed E-state index contributed by atoms with van der Waals surface area (Å²) in [5, 5.41) is 0. The lowest BCUT2D eigenvalue weighted by molar-refractivity contribution is 1.31. The molecule has 0 fully saturated rings. The highest BCUT2D eigenvalue weighted by atomic mass is 79.9. The minimum atomic E-state index is 1.00. The van der Waals surface area contributed by atoms with Crippen molar-refractivity contribution in [1.29, 1.82) is 0 Å². The molecule has 0 amide bonds. The number of pyridine rings is 1. The van der Waals surface area contributed by atoms with E-state index in [2.05, 4.69) is 25.3 Å². The van der Waals surface area contributed by atoms with Gasteiger partial charge in [0, 0.05) is 10.7 Å². The van der Waals surface area contributed by atoms with E-state index in [4.69, 9.17) is 0 Å². The van der Waals surface area contributed by atoms with Crippen molar-refractivity contribution >= 4 is 37.7 Å². The monoisotopic (exact) mass is 228 g/mol. The van der Waals surface area contributed by atoms with Crippen LogP contribution in [0.3, 0.4) is 0 Å². The van der Waals surface area contributed by atoms with Gasteiger partial charge in [0.15, 0.2) is 0 Å². The summed E-state index contributed by atoms with van der Waals surface area (Å²) < 4.78 is 6.41. The molecule has 0 spiro atoms. The van der Waals surface area contributed by atoms with Crippen molar-refractivity contribution in [1.82, 2.24) is 9.36 Å². The number of rotatable bonds is 0. The number of fused-ring (bicyclic) bond motifs is 1. The standard InChI is InChI=1S/C7H5BrN2S/c1-4-6-7(11-10-4)5(8)2-3-9-6/h2-3H,1H3. The predicted octanol–water partition coefficient (Wildman–Crippen LogP) is 2.76. The molecule has 0 saturated heterocycles. The molecule has 0 atom stereocenters. The number of hydrogen-bond donors (Lipinski definition) is 0. The number of nitrogens with zero attached hydrogens (tertiary/aromatic N) is 2. The molecule has 0 aliphatic rings.